The first-order valence-electron chi connectivity index (χ1n) is 5.66. The second kappa shape index (κ2) is 6.85. The Morgan fingerprint density at radius 3 is 2.67 bits per heavy atom. The molecule has 0 saturated carbocycles. The second-order valence-corrected chi connectivity index (χ2v) is 5.49. The van der Waals surface area contributed by atoms with Crippen LogP contribution >= 0.6 is 0 Å². The van der Waals surface area contributed by atoms with Crippen molar-refractivity contribution < 1.29 is 22.9 Å². The third kappa shape index (κ3) is 4.57. The van der Waals surface area contributed by atoms with E-state index in [1.807, 2.05) is 0 Å². The third-order valence-electron chi connectivity index (χ3n) is 2.37. The van der Waals surface area contributed by atoms with Crippen LogP contribution in [0.25, 0.3) is 0 Å². The van der Waals surface area contributed by atoms with E-state index in [1.54, 1.807) is 7.05 Å². The van der Waals surface area contributed by atoms with Gasteiger partial charge < -0.3 is 15.8 Å². The molecule has 0 bridgehead atoms. The molecular weight excluding hydrogens is 304 g/mol. The first-order valence-corrected chi connectivity index (χ1v) is 7.14. The maximum absolute atomic E-state index is 12.0. The lowest BCUT2D eigenvalue weighted by Gasteiger charge is -2.08. The molecule has 0 spiro atoms. The van der Waals surface area contributed by atoms with Crippen LogP contribution in [0.2, 0.25) is 0 Å². The van der Waals surface area contributed by atoms with Crippen LogP contribution in [0.1, 0.15) is 0 Å². The summed E-state index contributed by atoms with van der Waals surface area (Å²) in [7, 11) is -2.56. The van der Waals surface area contributed by atoms with Gasteiger partial charge in [0.2, 0.25) is 10.0 Å². The fourth-order valence-corrected chi connectivity index (χ4v) is 2.61. The molecule has 0 aliphatic carbocycles. The number of nitro groups is 1. The molecule has 0 aliphatic heterocycles. The molecule has 1 aromatic rings. The van der Waals surface area contributed by atoms with Crippen molar-refractivity contribution in [1.29, 1.82) is 0 Å². The van der Waals surface area contributed by atoms with Crippen LogP contribution in [0.5, 0.6) is 0 Å². The molecule has 1 rings (SSSR count). The Morgan fingerprint density at radius 2 is 2.14 bits per heavy atom. The van der Waals surface area contributed by atoms with Crippen LogP contribution in [0.4, 0.5) is 16.2 Å². The molecule has 0 fully saturated rings. The smallest absolute Gasteiger partial charge is 0.404 e. The zero-order valence-electron chi connectivity index (χ0n) is 11.0. The van der Waals surface area contributed by atoms with Crippen LogP contribution < -0.4 is 15.8 Å². The Morgan fingerprint density at radius 1 is 1.48 bits per heavy atom. The fraction of sp³-hybridized carbons (Fsp3) is 0.300. The van der Waals surface area contributed by atoms with Crippen molar-refractivity contribution in [3.63, 3.8) is 0 Å². The summed E-state index contributed by atoms with van der Waals surface area (Å²) in [5, 5.41) is 13.6. The number of hydrogen-bond acceptors (Lipinski definition) is 7. The number of primary amides is 1. The van der Waals surface area contributed by atoms with E-state index in [1.165, 1.54) is 6.07 Å². The summed E-state index contributed by atoms with van der Waals surface area (Å²) >= 11 is 0. The predicted molar refractivity (Wildman–Crippen MR) is 73.4 cm³/mol. The first kappa shape index (κ1) is 16.7. The number of sulfonamides is 1. The first-order chi connectivity index (χ1) is 9.77. The molecule has 0 saturated heterocycles. The number of nitrogens with zero attached hydrogens (tertiary/aromatic N) is 1. The quantitative estimate of drug-likeness (QED) is 0.363. The Bertz CT molecular complexity index is 645. The summed E-state index contributed by atoms with van der Waals surface area (Å²) in [4.78, 5) is 20.0. The molecule has 21 heavy (non-hydrogen) atoms. The van der Waals surface area contributed by atoms with Gasteiger partial charge in [0.15, 0.2) is 4.90 Å². The number of ether oxygens (including phenoxy) is 1. The Hall–Kier alpha value is -2.40. The van der Waals surface area contributed by atoms with Gasteiger partial charge in [-0.2, -0.15) is 0 Å². The van der Waals surface area contributed by atoms with Gasteiger partial charge in [-0.15, -0.1) is 0 Å². The number of anilines is 1. The van der Waals surface area contributed by atoms with Gasteiger partial charge in [0.25, 0.3) is 5.69 Å². The minimum absolute atomic E-state index is 0.254. The highest BCUT2D eigenvalue weighted by Gasteiger charge is 2.25. The highest BCUT2D eigenvalue weighted by atomic mass is 32.2. The maximum atomic E-state index is 12.0. The molecule has 0 radical (unpaired) electrons. The van der Waals surface area contributed by atoms with Gasteiger partial charge >= 0.3 is 6.09 Å². The lowest BCUT2D eigenvalue weighted by Crippen LogP contribution is -2.29. The van der Waals surface area contributed by atoms with E-state index in [0.29, 0.717) is 5.69 Å². The van der Waals surface area contributed by atoms with Crippen molar-refractivity contribution in [3.05, 3.63) is 28.3 Å². The molecule has 1 amide bonds. The van der Waals surface area contributed by atoms with Crippen LogP contribution in [-0.4, -0.2) is 39.6 Å². The maximum Gasteiger partial charge on any atom is 0.404 e. The summed E-state index contributed by atoms with van der Waals surface area (Å²) in [5.41, 5.74) is 4.55. The van der Waals surface area contributed by atoms with Crippen molar-refractivity contribution in [1.82, 2.24) is 4.72 Å². The standard InChI is InChI=1S/C10H14N4O6S/c1-12-7-2-3-9(8(6-7)14(16)17)21(18,19)13-4-5-20-10(11)15/h2-3,6,12-13H,4-5H2,1H3,(H2,11,15). The van der Waals surface area contributed by atoms with Gasteiger partial charge in [0, 0.05) is 25.3 Å². The molecule has 116 valence electrons. The molecular formula is C10H14N4O6S. The van der Waals surface area contributed by atoms with Crippen molar-refractivity contribution in [3.8, 4) is 0 Å². The van der Waals surface area contributed by atoms with Crippen molar-refractivity contribution >= 4 is 27.5 Å². The topological polar surface area (TPSA) is 154 Å². The Labute approximate surface area is 120 Å². The molecule has 0 unspecified atom stereocenters. The van der Waals surface area contributed by atoms with Gasteiger partial charge in [-0.05, 0) is 12.1 Å². The molecule has 0 atom stereocenters. The van der Waals surface area contributed by atoms with E-state index in [-0.39, 0.29) is 13.2 Å². The summed E-state index contributed by atoms with van der Waals surface area (Å²) in [6.45, 7) is -0.535. The zero-order valence-corrected chi connectivity index (χ0v) is 11.8. The number of rotatable bonds is 7. The monoisotopic (exact) mass is 318 g/mol. The normalized spacial score (nSPS) is 10.9. The highest BCUT2D eigenvalue weighted by molar-refractivity contribution is 7.89. The van der Waals surface area contributed by atoms with Gasteiger partial charge in [0.1, 0.15) is 6.61 Å². The Balaban J connectivity index is 2.97. The number of carbonyl (C=O) groups excluding carboxylic acids is 1. The van der Waals surface area contributed by atoms with E-state index in [4.69, 9.17) is 5.73 Å². The van der Waals surface area contributed by atoms with Crippen LogP contribution in [0.15, 0.2) is 23.1 Å². The van der Waals surface area contributed by atoms with E-state index >= 15 is 0 Å². The number of nitro benzene ring substituents is 1. The SMILES string of the molecule is CNc1ccc(S(=O)(=O)NCCOC(N)=O)c([N+](=O)[O-])c1. The molecule has 11 heteroatoms. The van der Waals surface area contributed by atoms with Crippen molar-refractivity contribution in [2.45, 2.75) is 4.90 Å². The minimum Gasteiger partial charge on any atom is -0.448 e. The lowest BCUT2D eigenvalue weighted by molar-refractivity contribution is -0.387. The summed E-state index contributed by atoms with van der Waals surface area (Å²) in [6, 6.07) is 3.61. The molecule has 0 aromatic heterocycles. The van der Waals surface area contributed by atoms with E-state index in [0.717, 1.165) is 12.1 Å². The predicted octanol–water partition coefficient (Wildman–Crippen LogP) is 0.0101. The molecule has 10 nitrogen and oxygen atoms in total. The molecule has 4 N–H and O–H groups in total. The van der Waals surface area contributed by atoms with E-state index in [9.17, 15) is 23.3 Å². The minimum atomic E-state index is -4.11. The Kier molecular flexibility index (Phi) is 5.44. The number of nitrogens with one attached hydrogen (secondary N) is 2. The molecule has 1 aromatic carbocycles. The summed E-state index contributed by atoms with van der Waals surface area (Å²) in [6.07, 6.45) is -1.04. The van der Waals surface area contributed by atoms with E-state index < -0.39 is 31.6 Å². The number of hydrogen-bond donors (Lipinski definition) is 3. The van der Waals surface area contributed by atoms with Gasteiger partial charge in [-0.1, -0.05) is 0 Å². The van der Waals surface area contributed by atoms with Crippen molar-refractivity contribution in [2.75, 3.05) is 25.5 Å². The fourth-order valence-electron chi connectivity index (χ4n) is 1.45. The number of nitrogens with two attached hydrogens (primary N) is 1. The third-order valence-corrected chi connectivity index (χ3v) is 3.88. The van der Waals surface area contributed by atoms with Crippen molar-refractivity contribution in [2.24, 2.45) is 5.73 Å². The molecule has 0 heterocycles. The average Bonchev–Trinajstić information content (AvgIpc) is 2.42. The number of carbonyl (C=O) groups is 1. The second-order valence-electron chi connectivity index (χ2n) is 3.75. The zero-order chi connectivity index (χ0) is 16.0. The molecule has 0 aliphatic rings. The van der Waals surface area contributed by atoms with Crippen LogP contribution in [0, 0.1) is 10.1 Å². The van der Waals surface area contributed by atoms with Crippen LogP contribution in [0.3, 0.4) is 0 Å². The van der Waals surface area contributed by atoms with Crippen LogP contribution in [-0.2, 0) is 14.8 Å². The van der Waals surface area contributed by atoms with Gasteiger partial charge in [0.05, 0.1) is 4.92 Å². The largest absolute Gasteiger partial charge is 0.448 e. The summed E-state index contributed by atoms with van der Waals surface area (Å²) < 4.78 is 30.4. The van der Waals surface area contributed by atoms with Gasteiger partial charge in [-0.3, -0.25) is 10.1 Å². The summed E-state index contributed by atoms with van der Waals surface area (Å²) in [5.74, 6) is 0. The average molecular weight is 318 g/mol. The van der Waals surface area contributed by atoms with E-state index in [2.05, 4.69) is 14.8 Å². The highest BCUT2D eigenvalue weighted by Crippen LogP contribution is 2.26. The van der Waals surface area contributed by atoms with Gasteiger partial charge in [-0.25, -0.2) is 17.9 Å². The number of benzene rings is 1. The lowest BCUT2D eigenvalue weighted by atomic mass is 10.3. The number of amides is 1.